The largest absolute Gasteiger partial charge is 0.441 e. The summed E-state index contributed by atoms with van der Waals surface area (Å²) in [7, 11) is 0. The third kappa shape index (κ3) is 3.34. The van der Waals surface area contributed by atoms with Crippen molar-refractivity contribution in [1.29, 1.82) is 0 Å². The lowest BCUT2D eigenvalue weighted by Crippen LogP contribution is -2.54. The molecule has 3 amide bonds. The number of oxazole rings is 1. The summed E-state index contributed by atoms with van der Waals surface area (Å²) in [5.41, 5.74) is 1.96. The van der Waals surface area contributed by atoms with Crippen LogP contribution in [0, 0.1) is 6.92 Å². The van der Waals surface area contributed by atoms with E-state index in [0.29, 0.717) is 48.7 Å². The molecule has 24 heavy (non-hydrogen) atoms. The van der Waals surface area contributed by atoms with Gasteiger partial charge >= 0.3 is 6.03 Å². The van der Waals surface area contributed by atoms with E-state index in [0.717, 1.165) is 0 Å². The number of hydrogen-bond donors (Lipinski definition) is 1. The van der Waals surface area contributed by atoms with Crippen molar-refractivity contribution in [2.24, 2.45) is 0 Å². The number of rotatable bonds is 2. The Hall–Kier alpha value is -2.57. The van der Waals surface area contributed by atoms with Crippen LogP contribution in [-0.2, 0) is 0 Å². The number of nitrogens with one attached hydrogen (secondary N) is 1. The minimum absolute atomic E-state index is 0.0403. The number of urea groups is 1. The predicted octanol–water partition coefficient (Wildman–Crippen LogP) is 2.01. The molecule has 0 radical (unpaired) electrons. The van der Waals surface area contributed by atoms with Gasteiger partial charge < -0.3 is 19.5 Å². The van der Waals surface area contributed by atoms with Gasteiger partial charge in [0.15, 0.2) is 11.5 Å². The van der Waals surface area contributed by atoms with E-state index < -0.39 is 0 Å². The molecular weight excluding hydrogens is 308 g/mol. The first-order chi connectivity index (χ1) is 11.4. The minimum atomic E-state index is -0.0726. The van der Waals surface area contributed by atoms with Crippen molar-refractivity contribution in [2.45, 2.75) is 26.8 Å². The highest BCUT2D eigenvalue weighted by molar-refractivity contribution is 5.97. The molecule has 0 atom stereocenters. The highest BCUT2D eigenvalue weighted by atomic mass is 16.3. The van der Waals surface area contributed by atoms with Crippen molar-refractivity contribution in [3.05, 3.63) is 29.7 Å². The molecule has 1 aromatic carbocycles. The van der Waals surface area contributed by atoms with Crippen molar-refractivity contribution in [3.8, 4) is 0 Å². The number of aromatic nitrogens is 1. The quantitative estimate of drug-likeness (QED) is 0.913. The van der Waals surface area contributed by atoms with Crippen molar-refractivity contribution in [2.75, 3.05) is 26.2 Å². The van der Waals surface area contributed by atoms with Gasteiger partial charge in [-0.3, -0.25) is 4.79 Å². The Labute approximate surface area is 140 Å². The maximum absolute atomic E-state index is 12.7. The summed E-state index contributed by atoms with van der Waals surface area (Å²) >= 11 is 0. The molecule has 0 spiro atoms. The number of benzene rings is 1. The summed E-state index contributed by atoms with van der Waals surface area (Å²) in [6.45, 7) is 7.77. The number of carbonyl (C=O) groups is 2. The van der Waals surface area contributed by atoms with Crippen LogP contribution < -0.4 is 5.32 Å². The lowest BCUT2D eigenvalue weighted by Gasteiger charge is -2.35. The van der Waals surface area contributed by atoms with Crippen LogP contribution in [0.2, 0.25) is 0 Å². The maximum atomic E-state index is 12.7. The molecule has 1 N–H and O–H groups in total. The van der Waals surface area contributed by atoms with Crippen molar-refractivity contribution < 1.29 is 14.0 Å². The van der Waals surface area contributed by atoms with Crippen LogP contribution in [0.5, 0.6) is 0 Å². The molecule has 0 bridgehead atoms. The zero-order chi connectivity index (χ0) is 17.3. The van der Waals surface area contributed by atoms with Crippen molar-refractivity contribution >= 4 is 23.0 Å². The molecule has 1 fully saturated rings. The lowest BCUT2D eigenvalue weighted by atomic mass is 10.1. The van der Waals surface area contributed by atoms with E-state index in [1.54, 1.807) is 34.9 Å². The van der Waals surface area contributed by atoms with Gasteiger partial charge in [-0.25, -0.2) is 9.78 Å². The molecule has 1 aliphatic rings. The van der Waals surface area contributed by atoms with Gasteiger partial charge in [-0.1, -0.05) is 0 Å². The molecule has 1 aromatic heterocycles. The number of amides is 3. The molecule has 2 heterocycles. The highest BCUT2D eigenvalue weighted by Gasteiger charge is 2.25. The van der Waals surface area contributed by atoms with E-state index in [1.807, 2.05) is 13.8 Å². The van der Waals surface area contributed by atoms with Gasteiger partial charge in [0, 0.05) is 44.7 Å². The molecule has 3 rings (SSSR count). The van der Waals surface area contributed by atoms with E-state index >= 15 is 0 Å². The SMILES string of the molecule is Cc1nc2cc(C(=O)N3CCN(C(=O)NC(C)C)CC3)ccc2o1. The summed E-state index contributed by atoms with van der Waals surface area (Å²) in [5.74, 6) is 0.542. The first-order valence-corrected chi connectivity index (χ1v) is 8.16. The fraction of sp³-hybridized carbons (Fsp3) is 0.471. The monoisotopic (exact) mass is 330 g/mol. The van der Waals surface area contributed by atoms with Crippen molar-refractivity contribution in [1.82, 2.24) is 20.1 Å². The number of nitrogens with zero attached hydrogens (tertiary/aromatic N) is 3. The van der Waals surface area contributed by atoms with E-state index in [9.17, 15) is 9.59 Å². The zero-order valence-electron chi connectivity index (χ0n) is 14.2. The maximum Gasteiger partial charge on any atom is 0.317 e. The van der Waals surface area contributed by atoms with Gasteiger partial charge in [0.1, 0.15) is 5.52 Å². The number of piperazine rings is 1. The third-order valence-electron chi connectivity index (χ3n) is 4.01. The van der Waals surface area contributed by atoms with Crippen LogP contribution in [0.4, 0.5) is 4.79 Å². The standard InChI is InChI=1S/C17H22N4O3/c1-11(2)18-17(23)21-8-6-20(7-9-21)16(22)13-4-5-15-14(10-13)19-12(3)24-15/h4-5,10-11H,6-9H2,1-3H3,(H,18,23). The molecule has 1 aliphatic heterocycles. The summed E-state index contributed by atoms with van der Waals surface area (Å²) in [4.78, 5) is 32.4. The van der Waals surface area contributed by atoms with Crippen molar-refractivity contribution in [3.63, 3.8) is 0 Å². The van der Waals surface area contributed by atoms with Crippen LogP contribution in [0.15, 0.2) is 22.6 Å². The molecule has 0 unspecified atom stereocenters. The Kier molecular flexibility index (Phi) is 4.42. The molecular formula is C17H22N4O3. The summed E-state index contributed by atoms with van der Waals surface area (Å²) in [6, 6.07) is 5.32. The summed E-state index contributed by atoms with van der Waals surface area (Å²) in [6.07, 6.45) is 0. The molecule has 0 saturated carbocycles. The second-order valence-electron chi connectivity index (χ2n) is 6.30. The predicted molar refractivity (Wildman–Crippen MR) is 89.9 cm³/mol. The van der Waals surface area contributed by atoms with Crippen LogP contribution in [0.1, 0.15) is 30.1 Å². The number of aryl methyl sites for hydroxylation is 1. The Bertz CT molecular complexity index is 760. The molecule has 7 nitrogen and oxygen atoms in total. The molecule has 0 aliphatic carbocycles. The molecule has 2 aromatic rings. The highest BCUT2D eigenvalue weighted by Crippen LogP contribution is 2.18. The third-order valence-corrected chi connectivity index (χ3v) is 4.01. The second-order valence-corrected chi connectivity index (χ2v) is 6.30. The average Bonchev–Trinajstić information content (AvgIpc) is 2.92. The zero-order valence-corrected chi connectivity index (χ0v) is 14.2. The number of carbonyl (C=O) groups excluding carboxylic acids is 2. The minimum Gasteiger partial charge on any atom is -0.441 e. The van der Waals surface area contributed by atoms with Gasteiger partial charge in [-0.05, 0) is 32.0 Å². The van der Waals surface area contributed by atoms with Gasteiger partial charge in [0.25, 0.3) is 5.91 Å². The fourth-order valence-electron chi connectivity index (χ4n) is 2.81. The van der Waals surface area contributed by atoms with E-state index in [2.05, 4.69) is 10.3 Å². The first kappa shape index (κ1) is 16.3. The molecule has 128 valence electrons. The Morgan fingerprint density at radius 2 is 1.83 bits per heavy atom. The van der Waals surface area contributed by atoms with Crippen LogP contribution >= 0.6 is 0 Å². The Morgan fingerprint density at radius 1 is 1.17 bits per heavy atom. The Morgan fingerprint density at radius 3 is 2.50 bits per heavy atom. The van der Waals surface area contributed by atoms with Crippen LogP contribution in [0.25, 0.3) is 11.1 Å². The number of fused-ring (bicyclic) bond motifs is 1. The van der Waals surface area contributed by atoms with Gasteiger partial charge in [-0.2, -0.15) is 0 Å². The first-order valence-electron chi connectivity index (χ1n) is 8.16. The normalized spacial score (nSPS) is 15.2. The Balaban J connectivity index is 1.64. The van der Waals surface area contributed by atoms with E-state index in [4.69, 9.17) is 4.42 Å². The fourth-order valence-corrected chi connectivity index (χ4v) is 2.81. The number of hydrogen-bond acceptors (Lipinski definition) is 4. The van der Waals surface area contributed by atoms with Gasteiger partial charge in [0.2, 0.25) is 0 Å². The van der Waals surface area contributed by atoms with E-state index in [1.165, 1.54) is 0 Å². The topological polar surface area (TPSA) is 78.7 Å². The summed E-state index contributed by atoms with van der Waals surface area (Å²) < 4.78 is 5.43. The smallest absolute Gasteiger partial charge is 0.317 e. The van der Waals surface area contributed by atoms with Gasteiger partial charge in [0.05, 0.1) is 0 Å². The summed E-state index contributed by atoms with van der Waals surface area (Å²) in [5, 5.41) is 2.88. The van der Waals surface area contributed by atoms with Crippen LogP contribution in [0.3, 0.4) is 0 Å². The second kappa shape index (κ2) is 6.51. The average molecular weight is 330 g/mol. The molecule has 7 heteroatoms. The molecule has 1 saturated heterocycles. The van der Waals surface area contributed by atoms with E-state index in [-0.39, 0.29) is 18.0 Å². The van der Waals surface area contributed by atoms with Gasteiger partial charge in [-0.15, -0.1) is 0 Å². The van der Waals surface area contributed by atoms with Crippen LogP contribution in [-0.4, -0.2) is 58.9 Å². The lowest BCUT2D eigenvalue weighted by molar-refractivity contribution is 0.0664.